The van der Waals surface area contributed by atoms with E-state index in [2.05, 4.69) is 5.16 Å². The molecule has 1 saturated heterocycles. The van der Waals surface area contributed by atoms with E-state index in [0.29, 0.717) is 24.7 Å². The molecule has 1 aliphatic carbocycles. The van der Waals surface area contributed by atoms with Crippen molar-refractivity contribution < 1.29 is 14.4 Å². The molecule has 3 atom stereocenters. The van der Waals surface area contributed by atoms with Gasteiger partial charge in [-0.2, -0.15) is 0 Å². The number of carbonyl (C=O) groups is 1. The molecule has 1 aromatic carbocycles. The van der Waals surface area contributed by atoms with Crippen molar-refractivity contribution in [2.45, 2.75) is 38.2 Å². The highest BCUT2D eigenvalue weighted by atomic mass is 16.5. The molecule has 5 nitrogen and oxygen atoms in total. The monoisotopic (exact) mass is 340 g/mol. The molecule has 1 aromatic heterocycles. The minimum atomic E-state index is -0.630. The van der Waals surface area contributed by atoms with Gasteiger partial charge in [-0.25, -0.2) is 0 Å². The van der Waals surface area contributed by atoms with Crippen molar-refractivity contribution in [1.29, 1.82) is 0 Å². The van der Waals surface area contributed by atoms with Gasteiger partial charge in [0.2, 0.25) is 5.76 Å². The first-order valence-corrected chi connectivity index (χ1v) is 9.14. The number of likely N-dealkylation sites (tertiary alicyclic amines) is 1. The lowest BCUT2D eigenvalue weighted by atomic mass is 9.69. The van der Waals surface area contributed by atoms with Crippen LogP contribution in [-0.4, -0.2) is 39.8 Å². The van der Waals surface area contributed by atoms with E-state index < -0.39 is 5.60 Å². The number of fused-ring (bicyclic) bond motifs is 1. The first kappa shape index (κ1) is 16.3. The first-order chi connectivity index (χ1) is 12.1. The number of benzene rings is 1. The molecule has 0 bridgehead atoms. The molecule has 1 saturated carbocycles. The van der Waals surface area contributed by atoms with E-state index in [1.54, 1.807) is 6.07 Å². The second-order valence-corrected chi connectivity index (χ2v) is 7.37. The predicted molar refractivity (Wildman–Crippen MR) is 93.9 cm³/mol. The molecule has 2 heterocycles. The van der Waals surface area contributed by atoms with Crippen molar-refractivity contribution in [1.82, 2.24) is 10.1 Å². The summed E-state index contributed by atoms with van der Waals surface area (Å²) in [5.41, 5.74) is 0.973. The molecule has 132 valence electrons. The Balaban J connectivity index is 1.52. The van der Waals surface area contributed by atoms with Crippen molar-refractivity contribution in [3.8, 4) is 11.3 Å². The zero-order valence-electron chi connectivity index (χ0n) is 14.5. The molecule has 4 rings (SSSR count). The van der Waals surface area contributed by atoms with E-state index in [4.69, 9.17) is 4.52 Å². The fraction of sp³-hybridized carbons (Fsp3) is 0.500. The van der Waals surface area contributed by atoms with Crippen LogP contribution in [0.5, 0.6) is 0 Å². The molecule has 2 aromatic rings. The maximum absolute atomic E-state index is 12.8. The van der Waals surface area contributed by atoms with Crippen molar-refractivity contribution in [3.63, 3.8) is 0 Å². The highest BCUT2D eigenvalue weighted by Crippen LogP contribution is 2.44. The van der Waals surface area contributed by atoms with Crippen LogP contribution in [0.25, 0.3) is 11.3 Å². The zero-order valence-corrected chi connectivity index (χ0v) is 14.5. The number of nitrogens with zero attached hydrogens (tertiary/aromatic N) is 2. The number of hydrogen-bond acceptors (Lipinski definition) is 4. The number of rotatable bonds is 3. The van der Waals surface area contributed by atoms with Gasteiger partial charge >= 0.3 is 0 Å². The third-order valence-electron chi connectivity index (χ3n) is 6.01. The Morgan fingerprint density at radius 1 is 1.36 bits per heavy atom. The molecule has 0 spiro atoms. The molecule has 25 heavy (non-hydrogen) atoms. The Bertz CT molecular complexity index is 757. The second kappa shape index (κ2) is 6.30. The summed E-state index contributed by atoms with van der Waals surface area (Å²) < 4.78 is 5.32. The summed E-state index contributed by atoms with van der Waals surface area (Å²) in [5, 5.41) is 14.9. The standard InChI is InChI=1S/C20H24N2O3/c1-2-20(24)10-6-9-15-12-22(13-16(15)20)19(23)18-11-17(21-25-18)14-7-4-3-5-8-14/h3-5,7-8,11,15-16,24H,2,6,9-10,12-13H2,1H3/t15-,16+,20-/m0/s1. The molecular formula is C20H24N2O3. The van der Waals surface area contributed by atoms with Crippen LogP contribution in [0.2, 0.25) is 0 Å². The summed E-state index contributed by atoms with van der Waals surface area (Å²) in [6, 6.07) is 11.4. The van der Waals surface area contributed by atoms with Gasteiger partial charge in [0.25, 0.3) is 5.91 Å². The number of hydrogen-bond donors (Lipinski definition) is 1. The smallest absolute Gasteiger partial charge is 0.292 e. The van der Waals surface area contributed by atoms with E-state index in [1.165, 1.54) is 0 Å². The normalized spacial score (nSPS) is 28.8. The van der Waals surface area contributed by atoms with Crippen molar-refractivity contribution >= 4 is 5.91 Å². The molecule has 1 aliphatic heterocycles. The average molecular weight is 340 g/mol. The molecule has 2 aliphatic rings. The zero-order chi connectivity index (χ0) is 17.4. The van der Waals surface area contributed by atoms with Crippen LogP contribution < -0.4 is 0 Å². The molecule has 0 unspecified atom stereocenters. The van der Waals surface area contributed by atoms with Crippen LogP contribution in [0, 0.1) is 11.8 Å². The van der Waals surface area contributed by atoms with Crippen LogP contribution in [0.3, 0.4) is 0 Å². The average Bonchev–Trinajstić information content (AvgIpc) is 3.30. The Kier molecular flexibility index (Phi) is 4.12. The number of amides is 1. The van der Waals surface area contributed by atoms with E-state index in [-0.39, 0.29) is 17.6 Å². The lowest BCUT2D eigenvalue weighted by Crippen LogP contribution is -2.44. The van der Waals surface area contributed by atoms with E-state index in [9.17, 15) is 9.90 Å². The van der Waals surface area contributed by atoms with Crippen LogP contribution in [0.1, 0.15) is 43.2 Å². The number of carbonyl (C=O) groups excluding carboxylic acids is 1. The molecule has 5 heteroatoms. The molecule has 0 radical (unpaired) electrons. The molecule has 1 amide bonds. The maximum Gasteiger partial charge on any atom is 0.292 e. The quantitative estimate of drug-likeness (QED) is 0.930. The van der Waals surface area contributed by atoms with E-state index in [1.807, 2.05) is 42.2 Å². The van der Waals surface area contributed by atoms with Crippen molar-refractivity contribution in [2.24, 2.45) is 11.8 Å². The Morgan fingerprint density at radius 3 is 2.92 bits per heavy atom. The fourth-order valence-corrected chi connectivity index (χ4v) is 4.51. The molecular weight excluding hydrogens is 316 g/mol. The Morgan fingerprint density at radius 2 is 2.16 bits per heavy atom. The van der Waals surface area contributed by atoms with Crippen LogP contribution in [-0.2, 0) is 0 Å². The van der Waals surface area contributed by atoms with Gasteiger partial charge in [0, 0.05) is 30.6 Å². The van der Waals surface area contributed by atoms with Crippen LogP contribution >= 0.6 is 0 Å². The Hall–Kier alpha value is -2.14. The minimum Gasteiger partial charge on any atom is -0.390 e. The van der Waals surface area contributed by atoms with Gasteiger partial charge in [-0.15, -0.1) is 0 Å². The van der Waals surface area contributed by atoms with Gasteiger partial charge in [-0.1, -0.05) is 48.8 Å². The van der Waals surface area contributed by atoms with Gasteiger partial charge in [0.1, 0.15) is 5.69 Å². The van der Waals surface area contributed by atoms with Crippen LogP contribution in [0.4, 0.5) is 0 Å². The largest absolute Gasteiger partial charge is 0.390 e. The van der Waals surface area contributed by atoms with Crippen molar-refractivity contribution in [2.75, 3.05) is 13.1 Å². The highest BCUT2D eigenvalue weighted by Gasteiger charge is 2.49. The summed E-state index contributed by atoms with van der Waals surface area (Å²) in [6.45, 7) is 3.35. The van der Waals surface area contributed by atoms with Gasteiger partial charge in [-0.05, 0) is 25.2 Å². The Labute approximate surface area is 147 Å². The second-order valence-electron chi connectivity index (χ2n) is 7.37. The van der Waals surface area contributed by atoms with Gasteiger partial charge in [-0.3, -0.25) is 4.79 Å². The molecule has 2 fully saturated rings. The summed E-state index contributed by atoms with van der Waals surface area (Å²) >= 11 is 0. The summed E-state index contributed by atoms with van der Waals surface area (Å²) in [4.78, 5) is 14.7. The van der Waals surface area contributed by atoms with Gasteiger partial charge < -0.3 is 14.5 Å². The minimum absolute atomic E-state index is 0.123. The topological polar surface area (TPSA) is 66.6 Å². The van der Waals surface area contributed by atoms with Gasteiger partial charge in [0.15, 0.2) is 0 Å². The number of aliphatic hydroxyl groups is 1. The first-order valence-electron chi connectivity index (χ1n) is 9.14. The third-order valence-corrected chi connectivity index (χ3v) is 6.01. The SMILES string of the molecule is CC[C@]1(O)CCC[C@H]2CN(C(=O)c3cc(-c4ccccc4)no3)C[C@H]21. The van der Waals surface area contributed by atoms with E-state index >= 15 is 0 Å². The third kappa shape index (κ3) is 2.86. The van der Waals surface area contributed by atoms with Gasteiger partial charge in [0.05, 0.1) is 5.60 Å². The summed E-state index contributed by atoms with van der Waals surface area (Å²) in [5.74, 6) is 0.714. The lowest BCUT2D eigenvalue weighted by Gasteiger charge is -2.40. The summed E-state index contributed by atoms with van der Waals surface area (Å²) in [6.07, 6.45) is 3.71. The maximum atomic E-state index is 12.8. The fourth-order valence-electron chi connectivity index (χ4n) is 4.51. The van der Waals surface area contributed by atoms with E-state index in [0.717, 1.165) is 31.2 Å². The molecule has 1 N–H and O–H groups in total. The van der Waals surface area contributed by atoms with Crippen LogP contribution in [0.15, 0.2) is 40.9 Å². The lowest BCUT2D eigenvalue weighted by molar-refractivity contribution is -0.0609. The predicted octanol–water partition coefficient (Wildman–Crippen LogP) is 3.35. The number of aromatic nitrogens is 1. The summed E-state index contributed by atoms with van der Waals surface area (Å²) in [7, 11) is 0. The van der Waals surface area contributed by atoms with Crippen molar-refractivity contribution in [3.05, 3.63) is 42.2 Å². The highest BCUT2D eigenvalue weighted by molar-refractivity contribution is 5.92.